The molecule has 0 bridgehead atoms. The first-order chi connectivity index (χ1) is 6.59. The zero-order valence-electron chi connectivity index (χ0n) is 8.59. The van der Waals surface area contributed by atoms with E-state index in [1.165, 1.54) is 11.1 Å². The monoisotopic (exact) mass is 188 g/mol. The van der Waals surface area contributed by atoms with E-state index in [1.807, 2.05) is 13.0 Å². The van der Waals surface area contributed by atoms with Crippen LogP contribution in [0.15, 0.2) is 30.8 Å². The van der Waals surface area contributed by atoms with Crippen molar-refractivity contribution < 1.29 is 5.11 Å². The first kappa shape index (κ1) is 9.47. The van der Waals surface area contributed by atoms with Gasteiger partial charge in [-0.25, -0.2) is 0 Å². The third-order valence-electron chi connectivity index (χ3n) is 2.78. The van der Waals surface area contributed by atoms with Gasteiger partial charge in [-0.15, -0.1) is 0 Å². The summed E-state index contributed by atoms with van der Waals surface area (Å²) < 4.78 is 0. The lowest BCUT2D eigenvalue weighted by atomic mass is 10.0. The zero-order chi connectivity index (χ0) is 10.2. The zero-order valence-corrected chi connectivity index (χ0v) is 8.59. The summed E-state index contributed by atoms with van der Waals surface area (Å²) in [6.07, 6.45) is 2.68. The van der Waals surface area contributed by atoms with Gasteiger partial charge >= 0.3 is 0 Å². The van der Waals surface area contributed by atoms with E-state index in [0.717, 1.165) is 24.8 Å². The number of aliphatic hydroxyl groups is 1. The van der Waals surface area contributed by atoms with Crippen molar-refractivity contribution in [3.8, 4) is 0 Å². The predicted molar refractivity (Wildman–Crippen MR) is 59.0 cm³/mol. The van der Waals surface area contributed by atoms with Gasteiger partial charge in [0.25, 0.3) is 0 Å². The van der Waals surface area contributed by atoms with Crippen molar-refractivity contribution in [2.24, 2.45) is 0 Å². The van der Waals surface area contributed by atoms with E-state index in [4.69, 9.17) is 0 Å². The van der Waals surface area contributed by atoms with Gasteiger partial charge in [0.05, 0.1) is 5.60 Å². The lowest BCUT2D eigenvalue weighted by molar-refractivity contribution is 0.151. The molecule has 0 amide bonds. The lowest BCUT2D eigenvalue weighted by Gasteiger charge is -2.08. The Bertz CT molecular complexity index is 361. The molecule has 0 atom stereocenters. The fourth-order valence-electron chi connectivity index (χ4n) is 1.65. The minimum atomic E-state index is -0.395. The quantitative estimate of drug-likeness (QED) is 0.773. The number of hydrogen-bond acceptors (Lipinski definition) is 1. The van der Waals surface area contributed by atoms with E-state index < -0.39 is 5.60 Å². The van der Waals surface area contributed by atoms with E-state index in [-0.39, 0.29) is 0 Å². The molecular formula is C13H16O. The number of allylic oxidation sites excluding steroid dienone is 1. The van der Waals surface area contributed by atoms with Gasteiger partial charge in [-0.1, -0.05) is 36.4 Å². The number of benzene rings is 1. The maximum absolute atomic E-state index is 9.79. The molecule has 0 saturated heterocycles. The van der Waals surface area contributed by atoms with Crippen molar-refractivity contribution in [2.45, 2.75) is 31.8 Å². The van der Waals surface area contributed by atoms with E-state index >= 15 is 0 Å². The Labute approximate surface area is 85.1 Å². The highest BCUT2D eigenvalue weighted by Gasteiger charge is 2.39. The van der Waals surface area contributed by atoms with E-state index in [2.05, 4.69) is 24.8 Å². The Morgan fingerprint density at radius 2 is 2.21 bits per heavy atom. The molecule has 0 aromatic heterocycles. The van der Waals surface area contributed by atoms with E-state index in [0.29, 0.717) is 0 Å². The fourth-order valence-corrected chi connectivity index (χ4v) is 1.65. The Morgan fingerprint density at radius 3 is 2.79 bits per heavy atom. The molecule has 1 saturated carbocycles. The molecule has 14 heavy (non-hydrogen) atoms. The average Bonchev–Trinajstić information content (AvgIpc) is 2.83. The molecule has 0 spiro atoms. The Kier molecular flexibility index (Phi) is 2.20. The smallest absolute Gasteiger partial charge is 0.0690 e. The summed E-state index contributed by atoms with van der Waals surface area (Å²) >= 11 is 0. The van der Waals surface area contributed by atoms with Crippen LogP contribution in [-0.4, -0.2) is 10.7 Å². The standard InChI is InChI=1S/C13H16O/c1-10(2)12-5-3-4-11(8-12)9-13(14)6-7-13/h3-5,8,14H,1,6-7,9H2,2H3. The first-order valence-electron chi connectivity index (χ1n) is 5.06. The van der Waals surface area contributed by atoms with Crippen LogP contribution in [-0.2, 0) is 6.42 Å². The summed E-state index contributed by atoms with van der Waals surface area (Å²) in [7, 11) is 0. The van der Waals surface area contributed by atoms with Gasteiger partial charge in [0.1, 0.15) is 0 Å². The lowest BCUT2D eigenvalue weighted by Crippen LogP contribution is -2.10. The van der Waals surface area contributed by atoms with Crippen molar-refractivity contribution in [3.63, 3.8) is 0 Å². The Balaban J connectivity index is 2.17. The van der Waals surface area contributed by atoms with Crippen LogP contribution < -0.4 is 0 Å². The summed E-state index contributed by atoms with van der Waals surface area (Å²) in [5.41, 5.74) is 3.07. The predicted octanol–water partition coefficient (Wildman–Crippen LogP) is 2.79. The molecule has 0 unspecified atom stereocenters. The molecule has 1 fully saturated rings. The van der Waals surface area contributed by atoms with Crippen molar-refractivity contribution in [3.05, 3.63) is 42.0 Å². The van der Waals surface area contributed by atoms with Gasteiger partial charge < -0.3 is 5.11 Å². The Morgan fingerprint density at radius 1 is 1.50 bits per heavy atom. The van der Waals surface area contributed by atoms with Crippen LogP contribution in [0.3, 0.4) is 0 Å². The van der Waals surface area contributed by atoms with Crippen LogP contribution in [0.1, 0.15) is 30.9 Å². The molecule has 2 rings (SSSR count). The molecule has 1 aliphatic carbocycles. The van der Waals surface area contributed by atoms with Gasteiger partial charge in [-0.05, 0) is 30.9 Å². The minimum Gasteiger partial charge on any atom is -0.390 e. The van der Waals surface area contributed by atoms with Gasteiger partial charge in [-0.3, -0.25) is 0 Å². The normalized spacial score (nSPS) is 17.9. The summed E-state index contributed by atoms with van der Waals surface area (Å²) in [6.45, 7) is 5.92. The molecular weight excluding hydrogens is 172 g/mol. The van der Waals surface area contributed by atoms with Crippen molar-refractivity contribution in [2.75, 3.05) is 0 Å². The van der Waals surface area contributed by atoms with Crippen molar-refractivity contribution in [1.29, 1.82) is 0 Å². The maximum atomic E-state index is 9.79. The van der Waals surface area contributed by atoms with Crippen LogP contribution in [0, 0.1) is 0 Å². The van der Waals surface area contributed by atoms with Gasteiger partial charge in [-0.2, -0.15) is 0 Å². The van der Waals surface area contributed by atoms with Crippen LogP contribution >= 0.6 is 0 Å². The van der Waals surface area contributed by atoms with Gasteiger partial charge in [0, 0.05) is 6.42 Å². The number of rotatable bonds is 3. The topological polar surface area (TPSA) is 20.2 Å². The molecule has 1 N–H and O–H groups in total. The second kappa shape index (κ2) is 3.25. The molecule has 1 aromatic rings. The maximum Gasteiger partial charge on any atom is 0.0690 e. The molecule has 1 aliphatic rings. The molecule has 1 aromatic carbocycles. The van der Waals surface area contributed by atoms with Crippen molar-refractivity contribution >= 4 is 5.57 Å². The second-order valence-electron chi connectivity index (χ2n) is 4.38. The molecule has 0 radical (unpaired) electrons. The molecule has 1 nitrogen and oxygen atoms in total. The van der Waals surface area contributed by atoms with Crippen LogP contribution in [0.25, 0.3) is 5.57 Å². The van der Waals surface area contributed by atoms with Crippen LogP contribution in [0.2, 0.25) is 0 Å². The Hall–Kier alpha value is -1.08. The summed E-state index contributed by atoms with van der Waals surface area (Å²) in [6, 6.07) is 8.29. The SMILES string of the molecule is C=C(C)c1cccc(CC2(O)CC2)c1. The van der Waals surface area contributed by atoms with Crippen molar-refractivity contribution in [1.82, 2.24) is 0 Å². The third kappa shape index (κ3) is 2.05. The van der Waals surface area contributed by atoms with E-state index in [9.17, 15) is 5.11 Å². The molecule has 0 heterocycles. The molecule has 0 aliphatic heterocycles. The van der Waals surface area contributed by atoms with Gasteiger partial charge in [0.2, 0.25) is 0 Å². The van der Waals surface area contributed by atoms with E-state index in [1.54, 1.807) is 0 Å². The largest absolute Gasteiger partial charge is 0.390 e. The van der Waals surface area contributed by atoms with Crippen LogP contribution in [0.4, 0.5) is 0 Å². The fraction of sp³-hybridized carbons (Fsp3) is 0.385. The van der Waals surface area contributed by atoms with Crippen LogP contribution in [0.5, 0.6) is 0 Å². The third-order valence-corrected chi connectivity index (χ3v) is 2.78. The highest BCUT2D eigenvalue weighted by atomic mass is 16.3. The highest BCUT2D eigenvalue weighted by Crippen LogP contribution is 2.38. The molecule has 74 valence electrons. The van der Waals surface area contributed by atoms with Gasteiger partial charge in [0.15, 0.2) is 0 Å². The minimum absolute atomic E-state index is 0.395. The summed E-state index contributed by atoms with van der Waals surface area (Å²) in [5, 5.41) is 9.79. The summed E-state index contributed by atoms with van der Waals surface area (Å²) in [5.74, 6) is 0. The molecule has 1 heteroatoms. The highest BCUT2D eigenvalue weighted by molar-refractivity contribution is 5.61. The second-order valence-corrected chi connectivity index (χ2v) is 4.38. The average molecular weight is 188 g/mol. The first-order valence-corrected chi connectivity index (χ1v) is 5.06. The number of hydrogen-bond donors (Lipinski definition) is 1. The summed E-state index contributed by atoms with van der Waals surface area (Å²) in [4.78, 5) is 0.